The first kappa shape index (κ1) is 13.5. The molecule has 3 rings (SSSR count). The molecule has 1 aromatic heterocycles. The molecule has 1 fully saturated rings. The summed E-state index contributed by atoms with van der Waals surface area (Å²) in [5, 5.41) is 0. The second-order valence-corrected chi connectivity index (χ2v) is 5.23. The Morgan fingerprint density at radius 2 is 1.86 bits per heavy atom. The number of carbonyl (C=O) groups is 1. The Morgan fingerprint density at radius 1 is 1.14 bits per heavy atom. The summed E-state index contributed by atoms with van der Waals surface area (Å²) < 4.78 is 5.21. The minimum atomic E-state index is 0.0435. The number of amides is 1. The van der Waals surface area contributed by atoms with Crippen LogP contribution >= 0.6 is 0 Å². The van der Waals surface area contributed by atoms with Crippen LogP contribution in [0.15, 0.2) is 41.0 Å². The summed E-state index contributed by atoms with van der Waals surface area (Å²) in [6.45, 7) is 4.78. The normalized spacial score (nSPS) is 15.3. The highest BCUT2D eigenvalue weighted by Gasteiger charge is 2.24. The van der Waals surface area contributed by atoms with Gasteiger partial charge in [0.05, 0.1) is 23.2 Å². The van der Waals surface area contributed by atoms with Crippen LogP contribution in [0.3, 0.4) is 0 Å². The quantitative estimate of drug-likeness (QED) is 0.859. The number of furan rings is 1. The lowest BCUT2D eigenvalue weighted by Gasteiger charge is -2.36. The zero-order valence-electron chi connectivity index (χ0n) is 12.1. The van der Waals surface area contributed by atoms with E-state index in [4.69, 9.17) is 10.2 Å². The van der Waals surface area contributed by atoms with Crippen molar-refractivity contribution in [2.75, 3.05) is 36.8 Å². The van der Waals surface area contributed by atoms with E-state index in [0.29, 0.717) is 24.4 Å². The molecule has 2 heterocycles. The molecule has 0 atom stereocenters. The van der Waals surface area contributed by atoms with Crippen LogP contribution in [0.2, 0.25) is 0 Å². The van der Waals surface area contributed by atoms with Crippen LogP contribution in [-0.2, 0) is 0 Å². The van der Waals surface area contributed by atoms with E-state index in [1.165, 1.54) is 0 Å². The average Bonchev–Trinajstić information content (AvgIpc) is 2.93. The zero-order chi connectivity index (χ0) is 14.8. The number of nitrogens with zero attached hydrogens (tertiary/aromatic N) is 2. The third-order valence-corrected chi connectivity index (χ3v) is 3.93. The van der Waals surface area contributed by atoms with Gasteiger partial charge in [0.25, 0.3) is 5.91 Å². The van der Waals surface area contributed by atoms with Gasteiger partial charge in [-0.3, -0.25) is 4.79 Å². The Balaban J connectivity index is 1.67. The van der Waals surface area contributed by atoms with Gasteiger partial charge in [0.2, 0.25) is 0 Å². The molecule has 2 N–H and O–H groups in total. The molecule has 0 saturated carbocycles. The van der Waals surface area contributed by atoms with Crippen LogP contribution in [-0.4, -0.2) is 37.0 Å². The lowest BCUT2D eigenvalue weighted by Crippen LogP contribution is -2.49. The van der Waals surface area contributed by atoms with E-state index in [2.05, 4.69) is 4.90 Å². The minimum Gasteiger partial charge on any atom is -0.469 e. The van der Waals surface area contributed by atoms with Crippen LogP contribution in [0.25, 0.3) is 0 Å². The Morgan fingerprint density at radius 3 is 2.48 bits per heavy atom. The smallest absolute Gasteiger partial charge is 0.257 e. The van der Waals surface area contributed by atoms with Crippen molar-refractivity contribution in [2.24, 2.45) is 0 Å². The van der Waals surface area contributed by atoms with Crippen LogP contribution in [0.4, 0.5) is 11.4 Å². The summed E-state index contributed by atoms with van der Waals surface area (Å²) >= 11 is 0. The standard InChI is InChI=1S/C16H19N3O2/c1-12-13(6-11-21-12)16(20)19-9-7-18(8-10-19)15-5-3-2-4-14(15)17/h2-6,11H,7-10,17H2,1H3. The Hall–Kier alpha value is -2.43. The molecular weight excluding hydrogens is 266 g/mol. The van der Waals surface area contributed by atoms with Crippen molar-refractivity contribution in [3.63, 3.8) is 0 Å². The second-order valence-electron chi connectivity index (χ2n) is 5.23. The summed E-state index contributed by atoms with van der Waals surface area (Å²) in [5.74, 6) is 0.719. The van der Waals surface area contributed by atoms with E-state index in [-0.39, 0.29) is 5.91 Å². The van der Waals surface area contributed by atoms with Gasteiger partial charge >= 0.3 is 0 Å². The zero-order valence-corrected chi connectivity index (χ0v) is 12.1. The van der Waals surface area contributed by atoms with Crippen LogP contribution < -0.4 is 10.6 Å². The summed E-state index contributed by atoms with van der Waals surface area (Å²) in [6, 6.07) is 9.58. The van der Waals surface area contributed by atoms with Gasteiger partial charge in [-0.1, -0.05) is 12.1 Å². The van der Waals surface area contributed by atoms with E-state index in [1.54, 1.807) is 12.3 Å². The van der Waals surface area contributed by atoms with E-state index in [9.17, 15) is 4.79 Å². The maximum Gasteiger partial charge on any atom is 0.257 e. The molecule has 2 aromatic rings. The van der Waals surface area contributed by atoms with E-state index < -0.39 is 0 Å². The molecule has 1 aromatic carbocycles. The molecule has 21 heavy (non-hydrogen) atoms. The largest absolute Gasteiger partial charge is 0.469 e. The van der Waals surface area contributed by atoms with Crippen molar-refractivity contribution in [1.82, 2.24) is 4.90 Å². The highest BCUT2D eigenvalue weighted by atomic mass is 16.3. The number of anilines is 2. The van der Waals surface area contributed by atoms with Crippen molar-refractivity contribution >= 4 is 17.3 Å². The highest BCUT2D eigenvalue weighted by Crippen LogP contribution is 2.24. The molecule has 1 aliphatic rings. The molecule has 0 spiro atoms. The number of aryl methyl sites for hydroxylation is 1. The number of carbonyl (C=O) groups excluding carboxylic acids is 1. The lowest BCUT2D eigenvalue weighted by atomic mass is 10.2. The van der Waals surface area contributed by atoms with Gasteiger partial charge < -0.3 is 20.0 Å². The van der Waals surface area contributed by atoms with Gasteiger partial charge in [0.1, 0.15) is 5.76 Å². The predicted octanol–water partition coefficient (Wildman–Crippen LogP) is 2.13. The third kappa shape index (κ3) is 2.59. The molecule has 1 saturated heterocycles. The third-order valence-electron chi connectivity index (χ3n) is 3.93. The van der Waals surface area contributed by atoms with Gasteiger partial charge in [-0.25, -0.2) is 0 Å². The molecule has 5 nitrogen and oxygen atoms in total. The molecule has 0 radical (unpaired) electrons. The predicted molar refractivity (Wildman–Crippen MR) is 82.4 cm³/mol. The Kier molecular flexibility index (Phi) is 3.56. The molecule has 0 aliphatic carbocycles. The van der Waals surface area contributed by atoms with Crippen molar-refractivity contribution in [3.05, 3.63) is 47.9 Å². The SMILES string of the molecule is Cc1occc1C(=O)N1CCN(c2ccccc2N)CC1. The van der Waals surface area contributed by atoms with Crippen molar-refractivity contribution < 1.29 is 9.21 Å². The number of nitrogen functional groups attached to an aromatic ring is 1. The van der Waals surface area contributed by atoms with Gasteiger partial charge in [0, 0.05) is 26.2 Å². The summed E-state index contributed by atoms with van der Waals surface area (Å²) in [5.41, 5.74) is 8.49. The van der Waals surface area contributed by atoms with Crippen molar-refractivity contribution in [2.45, 2.75) is 6.92 Å². The molecule has 5 heteroatoms. The molecule has 110 valence electrons. The number of para-hydroxylation sites is 2. The molecular formula is C16H19N3O2. The topological polar surface area (TPSA) is 62.7 Å². The van der Waals surface area contributed by atoms with Crippen LogP contribution in [0, 0.1) is 6.92 Å². The number of hydrogen-bond acceptors (Lipinski definition) is 4. The first-order valence-corrected chi connectivity index (χ1v) is 7.09. The average molecular weight is 285 g/mol. The number of nitrogens with two attached hydrogens (primary N) is 1. The molecule has 1 amide bonds. The summed E-state index contributed by atoms with van der Waals surface area (Å²) in [6.07, 6.45) is 1.56. The van der Waals surface area contributed by atoms with Gasteiger partial charge in [0.15, 0.2) is 0 Å². The lowest BCUT2D eigenvalue weighted by molar-refractivity contribution is 0.0745. The number of piperazine rings is 1. The maximum atomic E-state index is 12.4. The fourth-order valence-corrected chi connectivity index (χ4v) is 2.70. The van der Waals surface area contributed by atoms with Crippen LogP contribution in [0.5, 0.6) is 0 Å². The Labute approximate surface area is 123 Å². The second kappa shape index (κ2) is 5.52. The van der Waals surface area contributed by atoms with E-state index in [1.807, 2.05) is 36.1 Å². The molecule has 1 aliphatic heterocycles. The number of rotatable bonds is 2. The first-order chi connectivity index (χ1) is 10.2. The molecule has 0 bridgehead atoms. The Bertz CT molecular complexity index is 642. The van der Waals surface area contributed by atoms with Gasteiger partial charge in [-0.15, -0.1) is 0 Å². The number of benzene rings is 1. The minimum absolute atomic E-state index is 0.0435. The van der Waals surface area contributed by atoms with Crippen molar-refractivity contribution in [1.29, 1.82) is 0 Å². The summed E-state index contributed by atoms with van der Waals surface area (Å²) in [7, 11) is 0. The summed E-state index contributed by atoms with van der Waals surface area (Å²) in [4.78, 5) is 16.5. The monoisotopic (exact) mass is 285 g/mol. The van der Waals surface area contributed by atoms with E-state index >= 15 is 0 Å². The first-order valence-electron chi connectivity index (χ1n) is 7.09. The van der Waals surface area contributed by atoms with E-state index in [0.717, 1.165) is 24.5 Å². The van der Waals surface area contributed by atoms with Crippen LogP contribution in [0.1, 0.15) is 16.1 Å². The maximum absolute atomic E-state index is 12.4. The fraction of sp³-hybridized carbons (Fsp3) is 0.312. The highest BCUT2D eigenvalue weighted by molar-refractivity contribution is 5.95. The molecule has 0 unspecified atom stereocenters. The van der Waals surface area contributed by atoms with Gasteiger partial charge in [-0.05, 0) is 25.1 Å². The van der Waals surface area contributed by atoms with Crippen molar-refractivity contribution in [3.8, 4) is 0 Å². The fourth-order valence-electron chi connectivity index (χ4n) is 2.70. The number of hydrogen-bond donors (Lipinski definition) is 1. The van der Waals surface area contributed by atoms with Gasteiger partial charge in [-0.2, -0.15) is 0 Å².